The SMILES string of the molecule is Cc1ccc(C)c(NC(=O)C2N(CCO)C(=O)[C@@H]3[C@@H](C(=O)Nc4ccccc4)[C@@H]4SC23CC4Br)c1. The van der Waals surface area contributed by atoms with Gasteiger partial charge in [-0.3, -0.25) is 14.4 Å². The maximum atomic E-state index is 13.8. The maximum Gasteiger partial charge on any atom is 0.248 e. The highest BCUT2D eigenvalue weighted by molar-refractivity contribution is 9.09. The molecule has 3 aliphatic rings. The summed E-state index contributed by atoms with van der Waals surface area (Å²) in [7, 11) is 0. The summed E-state index contributed by atoms with van der Waals surface area (Å²) in [5.74, 6) is -1.93. The number of benzene rings is 2. The van der Waals surface area contributed by atoms with Crippen LogP contribution >= 0.6 is 27.7 Å². The van der Waals surface area contributed by atoms with E-state index in [9.17, 15) is 19.5 Å². The van der Waals surface area contributed by atoms with Gasteiger partial charge in [-0.15, -0.1) is 11.8 Å². The molecule has 9 heteroatoms. The summed E-state index contributed by atoms with van der Waals surface area (Å²) < 4.78 is -0.744. The van der Waals surface area contributed by atoms with Gasteiger partial charge < -0.3 is 20.6 Å². The van der Waals surface area contributed by atoms with E-state index in [-0.39, 0.29) is 41.0 Å². The maximum absolute atomic E-state index is 13.8. The molecule has 3 fully saturated rings. The third-order valence-electron chi connectivity index (χ3n) is 7.37. The van der Waals surface area contributed by atoms with Crippen molar-refractivity contribution < 1.29 is 19.5 Å². The fraction of sp³-hybridized carbons (Fsp3) is 0.423. The summed E-state index contributed by atoms with van der Waals surface area (Å²) in [4.78, 5) is 42.5. The van der Waals surface area contributed by atoms with Gasteiger partial charge in [0.1, 0.15) is 6.04 Å². The minimum Gasteiger partial charge on any atom is -0.395 e. The van der Waals surface area contributed by atoms with Gasteiger partial charge in [0.05, 0.1) is 23.2 Å². The van der Waals surface area contributed by atoms with E-state index in [0.29, 0.717) is 17.8 Å². The molecule has 0 radical (unpaired) electrons. The van der Waals surface area contributed by atoms with Crippen LogP contribution in [0.15, 0.2) is 48.5 Å². The second-order valence-corrected chi connectivity index (χ2v) is 12.3. The van der Waals surface area contributed by atoms with E-state index in [1.165, 1.54) is 4.90 Å². The van der Waals surface area contributed by atoms with Gasteiger partial charge in [-0.25, -0.2) is 0 Å². The molecule has 3 unspecified atom stereocenters. The number of carbonyl (C=O) groups excluding carboxylic acids is 3. The molecule has 0 saturated carbocycles. The number of aryl methyl sites for hydroxylation is 2. The third kappa shape index (κ3) is 3.97. The molecule has 3 amide bonds. The molecule has 2 bridgehead atoms. The van der Waals surface area contributed by atoms with Crippen LogP contribution in [-0.2, 0) is 14.4 Å². The standard InChI is InChI=1S/C26H28BrN3O4S/c1-14-8-9-15(2)18(12-14)29-24(33)22-26-13-17(27)21(35-26)19(20(26)25(34)30(22)10-11-31)23(32)28-16-6-4-3-5-7-16/h3-9,12,17,19-22,31H,10-11,13H2,1-2H3,(H,28,32)(H,29,33)/t17?,19-,20+,21-,22?,26?/m1/s1. The number of anilines is 2. The van der Waals surface area contributed by atoms with Crippen LogP contribution in [0.25, 0.3) is 0 Å². The summed E-state index contributed by atoms with van der Waals surface area (Å²) >= 11 is 5.33. The number of rotatable bonds is 6. The largest absolute Gasteiger partial charge is 0.395 e. The zero-order valence-corrected chi connectivity index (χ0v) is 21.9. The average Bonchev–Trinajstić information content (AvgIpc) is 3.41. The minimum absolute atomic E-state index is 0.00634. The average molecular weight is 558 g/mol. The lowest BCUT2D eigenvalue weighted by Gasteiger charge is -2.35. The van der Waals surface area contributed by atoms with Gasteiger partial charge >= 0.3 is 0 Å². The fourth-order valence-corrected chi connectivity index (χ4v) is 9.51. The van der Waals surface area contributed by atoms with Crippen LogP contribution in [-0.4, -0.2) is 61.7 Å². The highest BCUT2D eigenvalue weighted by Gasteiger charge is 2.75. The molecule has 35 heavy (non-hydrogen) atoms. The van der Waals surface area contributed by atoms with Crippen molar-refractivity contribution in [2.45, 2.75) is 41.1 Å². The van der Waals surface area contributed by atoms with Crippen molar-refractivity contribution in [1.82, 2.24) is 4.90 Å². The molecule has 2 aromatic rings. The van der Waals surface area contributed by atoms with Crippen molar-refractivity contribution in [2.24, 2.45) is 11.8 Å². The second kappa shape index (κ2) is 9.26. The molecule has 3 aliphatic heterocycles. The highest BCUT2D eigenvalue weighted by Crippen LogP contribution is 2.67. The number of aliphatic hydroxyl groups excluding tert-OH is 1. The lowest BCUT2D eigenvalue weighted by Crippen LogP contribution is -2.53. The molecule has 0 aromatic heterocycles. The predicted molar refractivity (Wildman–Crippen MR) is 141 cm³/mol. The minimum atomic E-state index is -0.781. The smallest absolute Gasteiger partial charge is 0.248 e. The molecule has 6 atom stereocenters. The second-order valence-electron chi connectivity index (χ2n) is 9.58. The number of β-amino-alcohol motifs (C(OH)–C–C–N with tert-alkyl or cyclic N) is 1. The number of hydrogen-bond acceptors (Lipinski definition) is 5. The Balaban J connectivity index is 1.49. The summed E-state index contributed by atoms with van der Waals surface area (Å²) in [6, 6.07) is 14.3. The van der Waals surface area contributed by atoms with Crippen LogP contribution in [0.5, 0.6) is 0 Å². The molecule has 7 nitrogen and oxygen atoms in total. The molecule has 3 N–H and O–H groups in total. The molecule has 0 aliphatic carbocycles. The van der Waals surface area contributed by atoms with Crippen molar-refractivity contribution in [3.63, 3.8) is 0 Å². The Morgan fingerprint density at radius 3 is 2.60 bits per heavy atom. The van der Waals surface area contributed by atoms with Crippen molar-refractivity contribution in [2.75, 3.05) is 23.8 Å². The van der Waals surface area contributed by atoms with Gasteiger partial charge in [0, 0.05) is 28.0 Å². The van der Waals surface area contributed by atoms with Gasteiger partial charge in [-0.2, -0.15) is 0 Å². The lowest BCUT2D eigenvalue weighted by atomic mass is 9.70. The molecule has 5 rings (SSSR count). The van der Waals surface area contributed by atoms with E-state index < -0.39 is 22.6 Å². The molecular weight excluding hydrogens is 530 g/mol. The Kier molecular flexibility index (Phi) is 6.44. The van der Waals surface area contributed by atoms with Gasteiger partial charge in [0.15, 0.2) is 0 Å². The predicted octanol–water partition coefficient (Wildman–Crippen LogP) is 3.34. The molecule has 3 heterocycles. The first-order valence-corrected chi connectivity index (χ1v) is 13.5. The Morgan fingerprint density at radius 2 is 1.89 bits per heavy atom. The van der Waals surface area contributed by atoms with Gasteiger partial charge in [0.25, 0.3) is 0 Å². The summed E-state index contributed by atoms with van der Waals surface area (Å²) in [5, 5.41) is 15.6. The first kappa shape index (κ1) is 24.3. The number of nitrogens with one attached hydrogen (secondary N) is 2. The lowest BCUT2D eigenvalue weighted by molar-refractivity contribution is -0.138. The van der Waals surface area contributed by atoms with Crippen molar-refractivity contribution >= 4 is 56.8 Å². The third-order valence-corrected chi connectivity index (χ3v) is 10.6. The van der Waals surface area contributed by atoms with E-state index in [1.807, 2.05) is 62.4 Å². The van der Waals surface area contributed by atoms with E-state index in [1.54, 1.807) is 11.8 Å². The molecule has 184 valence electrons. The van der Waals surface area contributed by atoms with Crippen LogP contribution in [0.4, 0.5) is 11.4 Å². The number of likely N-dealkylation sites (tertiary alicyclic amines) is 1. The number of halogens is 1. The van der Waals surface area contributed by atoms with Gasteiger partial charge in [0.2, 0.25) is 17.7 Å². The number of carbonyl (C=O) groups is 3. The Bertz CT molecular complexity index is 1180. The quantitative estimate of drug-likeness (QED) is 0.473. The van der Waals surface area contributed by atoms with E-state index in [2.05, 4.69) is 26.6 Å². The number of aliphatic hydroxyl groups is 1. The van der Waals surface area contributed by atoms with Crippen LogP contribution in [0, 0.1) is 25.7 Å². The summed E-state index contributed by atoms with van der Waals surface area (Å²) in [5.41, 5.74) is 3.33. The van der Waals surface area contributed by atoms with E-state index in [0.717, 1.165) is 11.1 Å². The first-order valence-electron chi connectivity index (χ1n) is 11.7. The first-order chi connectivity index (χ1) is 16.8. The zero-order valence-electron chi connectivity index (χ0n) is 19.5. The van der Waals surface area contributed by atoms with Gasteiger partial charge in [-0.1, -0.05) is 46.3 Å². The monoisotopic (exact) mass is 557 g/mol. The Labute approximate surface area is 217 Å². The van der Waals surface area contributed by atoms with Crippen molar-refractivity contribution in [3.8, 4) is 0 Å². The van der Waals surface area contributed by atoms with E-state index >= 15 is 0 Å². The van der Waals surface area contributed by atoms with Crippen LogP contribution < -0.4 is 10.6 Å². The number of nitrogens with zero attached hydrogens (tertiary/aromatic N) is 1. The van der Waals surface area contributed by atoms with Crippen molar-refractivity contribution in [1.29, 1.82) is 0 Å². The fourth-order valence-electron chi connectivity index (χ4n) is 5.90. The number of thioether (sulfide) groups is 1. The van der Waals surface area contributed by atoms with Crippen LogP contribution in [0.3, 0.4) is 0 Å². The van der Waals surface area contributed by atoms with E-state index in [4.69, 9.17) is 0 Å². The van der Waals surface area contributed by atoms with Crippen LogP contribution in [0.1, 0.15) is 17.5 Å². The molecule has 2 aromatic carbocycles. The number of hydrogen-bond donors (Lipinski definition) is 3. The topological polar surface area (TPSA) is 98.7 Å². The summed E-state index contributed by atoms with van der Waals surface area (Å²) in [6.07, 6.45) is 0.598. The Hall–Kier alpha value is -2.36. The number of fused-ring (bicyclic) bond motifs is 1. The number of amides is 3. The number of alkyl halides is 1. The van der Waals surface area contributed by atoms with Gasteiger partial charge in [-0.05, 0) is 49.6 Å². The van der Waals surface area contributed by atoms with Crippen molar-refractivity contribution in [3.05, 3.63) is 59.7 Å². The molecular formula is C26H28BrN3O4S. The zero-order chi connectivity index (χ0) is 24.9. The summed E-state index contributed by atoms with van der Waals surface area (Å²) in [6.45, 7) is 3.68. The molecule has 3 saturated heterocycles. The number of para-hydroxylation sites is 1. The normalized spacial score (nSPS) is 30.9. The highest BCUT2D eigenvalue weighted by atomic mass is 79.9. The van der Waals surface area contributed by atoms with Crippen LogP contribution in [0.2, 0.25) is 0 Å². The molecule has 1 spiro atoms. The Morgan fingerprint density at radius 1 is 1.14 bits per heavy atom.